The van der Waals surface area contributed by atoms with E-state index < -0.39 is 0 Å². The summed E-state index contributed by atoms with van der Waals surface area (Å²) in [6.07, 6.45) is 7.40. The van der Waals surface area contributed by atoms with Gasteiger partial charge >= 0.3 is 0 Å². The van der Waals surface area contributed by atoms with Gasteiger partial charge in [-0.1, -0.05) is 0 Å². The molecule has 2 aromatic heterocycles. The average molecular weight is 284 g/mol. The zero-order valence-corrected chi connectivity index (χ0v) is 13.2. The van der Waals surface area contributed by atoms with E-state index in [1.807, 2.05) is 24.1 Å². The lowest BCUT2D eigenvalue weighted by Gasteiger charge is -2.25. The summed E-state index contributed by atoms with van der Waals surface area (Å²) in [6.45, 7) is 6.64. The highest BCUT2D eigenvalue weighted by Gasteiger charge is 2.29. The molecule has 1 atom stereocenters. The Balaban J connectivity index is 1.73. The molecule has 1 saturated heterocycles. The van der Waals surface area contributed by atoms with E-state index in [2.05, 4.69) is 41.0 Å². The fourth-order valence-corrected chi connectivity index (χ4v) is 3.52. The quantitative estimate of drug-likeness (QED) is 0.866. The lowest BCUT2D eigenvalue weighted by Crippen LogP contribution is -2.26. The van der Waals surface area contributed by atoms with Gasteiger partial charge < -0.3 is 0 Å². The molecule has 4 heteroatoms. The van der Waals surface area contributed by atoms with Crippen molar-refractivity contribution in [3.63, 3.8) is 0 Å². The molecule has 1 fully saturated rings. The van der Waals surface area contributed by atoms with Gasteiger partial charge in [0.25, 0.3) is 0 Å². The molecule has 1 aliphatic rings. The predicted octanol–water partition coefficient (Wildman–Crippen LogP) is 2.81. The van der Waals surface area contributed by atoms with Crippen molar-refractivity contribution in [3.05, 3.63) is 47.0 Å². The zero-order chi connectivity index (χ0) is 14.8. The first-order valence-corrected chi connectivity index (χ1v) is 7.80. The molecule has 112 valence electrons. The van der Waals surface area contributed by atoms with Crippen LogP contribution >= 0.6 is 0 Å². The standard InChI is InChI=1S/C17H24N4/c1-13-17(14(2)20(3)19-13)16-5-4-11-21(16)12-8-15-6-9-18-10-7-15/h6-7,9-10,16H,4-5,8,11-12H2,1-3H3/t16-/m0/s1. The van der Waals surface area contributed by atoms with Crippen molar-refractivity contribution in [2.24, 2.45) is 7.05 Å². The van der Waals surface area contributed by atoms with E-state index in [9.17, 15) is 0 Å². The van der Waals surface area contributed by atoms with Crippen molar-refractivity contribution in [2.45, 2.75) is 39.2 Å². The number of likely N-dealkylation sites (tertiary alicyclic amines) is 1. The summed E-state index contributed by atoms with van der Waals surface area (Å²) >= 11 is 0. The van der Waals surface area contributed by atoms with Gasteiger partial charge in [0, 0.05) is 43.3 Å². The van der Waals surface area contributed by atoms with Crippen molar-refractivity contribution in [1.82, 2.24) is 19.7 Å². The molecule has 0 saturated carbocycles. The summed E-state index contributed by atoms with van der Waals surface area (Å²) in [6, 6.07) is 4.78. The number of pyridine rings is 1. The van der Waals surface area contributed by atoms with Gasteiger partial charge in [-0.05, 0) is 57.4 Å². The molecule has 4 nitrogen and oxygen atoms in total. The highest BCUT2D eigenvalue weighted by Crippen LogP contribution is 2.35. The van der Waals surface area contributed by atoms with Crippen LogP contribution in [-0.4, -0.2) is 32.8 Å². The molecule has 0 aromatic carbocycles. The maximum Gasteiger partial charge on any atom is 0.0644 e. The van der Waals surface area contributed by atoms with Crippen molar-refractivity contribution in [3.8, 4) is 0 Å². The molecule has 0 aliphatic carbocycles. The van der Waals surface area contributed by atoms with Gasteiger partial charge in [-0.25, -0.2) is 0 Å². The van der Waals surface area contributed by atoms with Crippen LogP contribution < -0.4 is 0 Å². The summed E-state index contributed by atoms with van der Waals surface area (Å²) in [5.74, 6) is 0. The Morgan fingerprint density at radius 1 is 1.24 bits per heavy atom. The molecular weight excluding hydrogens is 260 g/mol. The number of nitrogens with zero attached hydrogens (tertiary/aromatic N) is 4. The normalized spacial score (nSPS) is 19.3. The van der Waals surface area contributed by atoms with Gasteiger partial charge in [0.2, 0.25) is 0 Å². The van der Waals surface area contributed by atoms with Gasteiger partial charge in [-0.3, -0.25) is 14.6 Å². The molecule has 0 radical (unpaired) electrons. The Morgan fingerprint density at radius 2 is 2.00 bits per heavy atom. The minimum absolute atomic E-state index is 0.542. The molecule has 2 aromatic rings. The van der Waals surface area contributed by atoms with Gasteiger partial charge in [-0.2, -0.15) is 5.10 Å². The van der Waals surface area contributed by atoms with Crippen LogP contribution in [0, 0.1) is 13.8 Å². The highest BCUT2D eigenvalue weighted by molar-refractivity contribution is 5.29. The maximum atomic E-state index is 4.59. The van der Waals surface area contributed by atoms with Crippen LogP contribution in [0.5, 0.6) is 0 Å². The van der Waals surface area contributed by atoms with Crippen LogP contribution in [0.2, 0.25) is 0 Å². The lowest BCUT2D eigenvalue weighted by molar-refractivity contribution is 0.259. The average Bonchev–Trinajstić information content (AvgIpc) is 3.03. The minimum Gasteiger partial charge on any atom is -0.296 e. The predicted molar refractivity (Wildman–Crippen MR) is 84.2 cm³/mol. The Hall–Kier alpha value is -1.68. The van der Waals surface area contributed by atoms with Crippen LogP contribution in [0.15, 0.2) is 24.5 Å². The fraction of sp³-hybridized carbons (Fsp3) is 0.529. The smallest absolute Gasteiger partial charge is 0.0644 e. The van der Waals surface area contributed by atoms with Crippen LogP contribution in [0.1, 0.15) is 41.4 Å². The first kappa shape index (κ1) is 14.3. The summed E-state index contributed by atoms with van der Waals surface area (Å²) < 4.78 is 2.02. The molecule has 1 aliphatic heterocycles. The second-order valence-electron chi connectivity index (χ2n) is 6.01. The minimum atomic E-state index is 0.542. The number of hydrogen-bond donors (Lipinski definition) is 0. The van der Waals surface area contributed by atoms with Gasteiger partial charge in [0.05, 0.1) is 5.69 Å². The van der Waals surface area contributed by atoms with Crippen LogP contribution in [0.3, 0.4) is 0 Å². The number of rotatable bonds is 4. The number of aryl methyl sites for hydroxylation is 2. The summed E-state index contributed by atoms with van der Waals surface area (Å²) in [7, 11) is 2.04. The Bertz CT molecular complexity index is 603. The van der Waals surface area contributed by atoms with E-state index in [0.717, 1.165) is 13.0 Å². The molecule has 0 spiro atoms. The summed E-state index contributed by atoms with van der Waals surface area (Å²) in [5, 5.41) is 4.59. The van der Waals surface area contributed by atoms with Crippen LogP contribution in [-0.2, 0) is 13.5 Å². The molecule has 21 heavy (non-hydrogen) atoms. The lowest BCUT2D eigenvalue weighted by atomic mass is 10.0. The third kappa shape index (κ3) is 2.86. The summed E-state index contributed by atoms with van der Waals surface area (Å²) in [4.78, 5) is 6.71. The number of hydrogen-bond acceptors (Lipinski definition) is 3. The number of aromatic nitrogens is 3. The largest absolute Gasteiger partial charge is 0.296 e. The van der Waals surface area contributed by atoms with Crippen LogP contribution in [0.25, 0.3) is 0 Å². The second-order valence-corrected chi connectivity index (χ2v) is 6.01. The van der Waals surface area contributed by atoms with E-state index in [0.29, 0.717) is 6.04 Å². The first-order chi connectivity index (χ1) is 10.2. The van der Waals surface area contributed by atoms with Crippen molar-refractivity contribution in [1.29, 1.82) is 0 Å². The molecule has 0 N–H and O–H groups in total. The Morgan fingerprint density at radius 3 is 2.67 bits per heavy atom. The third-order valence-corrected chi connectivity index (χ3v) is 4.70. The Kier molecular flexibility index (Phi) is 4.06. The van der Waals surface area contributed by atoms with Gasteiger partial charge in [0.15, 0.2) is 0 Å². The maximum absolute atomic E-state index is 4.59. The molecule has 0 amide bonds. The topological polar surface area (TPSA) is 34.0 Å². The molecular formula is C17H24N4. The van der Waals surface area contributed by atoms with E-state index >= 15 is 0 Å². The van der Waals surface area contributed by atoms with Crippen molar-refractivity contribution >= 4 is 0 Å². The fourth-order valence-electron chi connectivity index (χ4n) is 3.52. The van der Waals surface area contributed by atoms with Gasteiger partial charge in [-0.15, -0.1) is 0 Å². The van der Waals surface area contributed by atoms with E-state index in [1.54, 1.807) is 0 Å². The van der Waals surface area contributed by atoms with E-state index in [4.69, 9.17) is 0 Å². The van der Waals surface area contributed by atoms with E-state index in [-0.39, 0.29) is 0 Å². The molecule has 0 bridgehead atoms. The molecule has 0 unspecified atom stereocenters. The summed E-state index contributed by atoms with van der Waals surface area (Å²) in [5.41, 5.74) is 5.32. The second kappa shape index (κ2) is 5.98. The zero-order valence-electron chi connectivity index (χ0n) is 13.2. The third-order valence-electron chi connectivity index (χ3n) is 4.70. The molecule has 3 rings (SSSR count). The SMILES string of the molecule is Cc1nn(C)c(C)c1[C@@H]1CCCN1CCc1ccncc1. The van der Waals surface area contributed by atoms with Crippen LogP contribution in [0.4, 0.5) is 0 Å². The first-order valence-electron chi connectivity index (χ1n) is 7.80. The van der Waals surface area contributed by atoms with Gasteiger partial charge in [0.1, 0.15) is 0 Å². The van der Waals surface area contributed by atoms with Crippen molar-refractivity contribution < 1.29 is 0 Å². The monoisotopic (exact) mass is 284 g/mol. The Labute approximate surface area is 126 Å². The van der Waals surface area contributed by atoms with Crippen molar-refractivity contribution in [2.75, 3.05) is 13.1 Å². The molecule has 3 heterocycles. The highest BCUT2D eigenvalue weighted by atomic mass is 15.3. The van der Waals surface area contributed by atoms with E-state index in [1.165, 1.54) is 41.9 Å².